The van der Waals surface area contributed by atoms with Crippen LogP contribution in [0.5, 0.6) is 11.5 Å². The van der Waals surface area contributed by atoms with Crippen molar-refractivity contribution >= 4 is 0 Å². The molecular weight excluding hydrogens is 290 g/mol. The number of aliphatic hydroxyl groups excluding tert-OH is 1. The molecule has 0 amide bonds. The quantitative estimate of drug-likeness (QED) is 0.805. The van der Waals surface area contributed by atoms with E-state index in [1.54, 1.807) is 7.11 Å². The lowest BCUT2D eigenvalue weighted by Crippen LogP contribution is -2.28. The van der Waals surface area contributed by atoms with Gasteiger partial charge in [-0.15, -0.1) is 0 Å². The lowest BCUT2D eigenvalue weighted by molar-refractivity contribution is 0.233. The summed E-state index contributed by atoms with van der Waals surface area (Å²) in [6.07, 6.45) is 0.657. The standard InChI is InChI=1S/C19H23NO3/c1-22-16-5-3-14(4-6-16)19-13-20-12-15-11-17(7-8-18(15)19)23-10-2-9-21/h3-8,11,19-21H,2,9-10,12-13H2,1H3. The second-order valence-corrected chi connectivity index (χ2v) is 5.74. The fourth-order valence-corrected chi connectivity index (χ4v) is 3.01. The van der Waals surface area contributed by atoms with Crippen molar-refractivity contribution in [2.24, 2.45) is 0 Å². The van der Waals surface area contributed by atoms with Crippen molar-refractivity contribution in [1.29, 1.82) is 0 Å². The van der Waals surface area contributed by atoms with Crippen LogP contribution in [0, 0.1) is 0 Å². The molecule has 0 aromatic heterocycles. The molecule has 2 aromatic carbocycles. The summed E-state index contributed by atoms with van der Waals surface area (Å²) in [7, 11) is 1.69. The van der Waals surface area contributed by atoms with Crippen LogP contribution >= 0.6 is 0 Å². The summed E-state index contributed by atoms with van der Waals surface area (Å²) in [5, 5.41) is 12.3. The predicted octanol–water partition coefficient (Wildman–Crippen LogP) is 2.69. The molecule has 2 N–H and O–H groups in total. The lowest BCUT2D eigenvalue weighted by atomic mass is 9.85. The van der Waals surface area contributed by atoms with Crippen molar-refractivity contribution in [2.75, 3.05) is 26.9 Å². The topological polar surface area (TPSA) is 50.7 Å². The van der Waals surface area contributed by atoms with Crippen molar-refractivity contribution in [1.82, 2.24) is 5.32 Å². The van der Waals surface area contributed by atoms with Gasteiger partial charge in [-0.05, 0) is 41.0 Å². The third-order valence-corrected chi connectivity index (χ3v) is 4.24. The first kappa shape index (κ1) is 15.8. The molecule has 0 saturated heterocycles. The van der Waals surface area contributed by atoms with Gasteiger partial charge in [-0.1, -0.05) is 18.2 Å². The van der Waals surface area contributed by atoms with Gasteiger partial charge in [-0.25, -0.2) is 0 Å². The number of fused-ring (bicyclic) bond motifs is 1. The number of nitrogens with one attached hydrogen (secondary N) is 1. The van der Waals surface area contributed by atoms with Crippen LogP contribution in [-0.4, -0.2) is 32.0 Å². The smallest absolute Gasteiger partial charge is 0.119 e. The Morgan fingerprint density at radius 3 is 2.65 bits per heavy atom. The molecule has 122 valence electrons. The van der Waals surface area contributed by atoms with Crippen LogP contribution in [0.3, 0.4) is 0 Å². The minimum Gasteiger partial charge on any atom is -0.497 e. The minimum atomic E-state index is 0.159. The van der Waals surface area contributed by atoms with E-state index in [2.05, 4.69) is 29.6 Å². The predicted molar refractivity (Wildman–Crippen MR) is 90.2 cm³/mol. The Morgan fingerprint density at radius 2 is 1.91 bits per heavy atom. The van der Waals surface area contributed by atoms with Gasteiger partial charge in [-0.2, -0.15) is 0 Å². The monoisotopic (exact) mass is 313 g/mol. The normalized spacial score (nSPS) is 16.7. The van der Waals surface area contributed by atoms with Crippen LogP contribution in [0.4, 0.5) is 0 Å². The van der Waals surface area contributed by atoms with Crippen LogP contribution in [-0.2, 0) is 6.54 Å². The second kappa shape index (κ2) is 7.49. The summed E-state index contributed by atoms with van der Waals surface area (Å²) in [6, 6.07) is 14.6. The number of ether oxygens (including phenoxy) is 2. The summed E-state index contributed by atoms with van der Waals surface area (Å²) in [5.41, 5.74) is 3.91. The Balaban J connectivity index is 1.81. The largest absolute Gasteiger partial charge is 0.497 e. The Kier molecular flexibility index (Phi) is 5.16. The van der Waals surface area contributed by atoms with Gasteiger partial charge in [0.05, 0.1) is 13.7 Å². The van der Waals surface area contributed by atoms with Crippen molar-refractivity contribution in [3.05, 3.63) is 59.2 Å². The van der Waals surface area contributed by atoms with E-state index in [1.807, 2.05) is 18.2 Å². The van der Waals surface area contributed by atoms with Crippen LogP contribution in [0.1, 0.15) is 29.0 Å². The summed E-state index contributed by atoms with van der Waals surface area (Å²) in [4.78, 5) is 0. The van der Waals surface area contributed by atoms with Crippen molar-refractivity contribution < 1.29 is 14.6 Å². The van der Waals surface area contributed by atoms with Gasteiger partial charge in [0.2, 0.25) is 0 Å². The lowest BCUT2D eigenvalue weighted by Gasteiger charge is -2.27. The third kappa shape index (κ3) is 3.66. The molecule has 0 fully saturated rings. The first-order chi connectivity index (χ1) is 11.3. The van der Waals surface area contributed by atoms with Crippen molar-refractivity contribution in [3.8, 4) is 11.5 Å². The molecule has 0 saturated carbocycles. The number of hydrogen-bond acceptors (Lipinski definition) is 4. The first-order valence-electron chi connectivity index (χ1n) is 8.03. The minimum absolute atomic E-state index is 0.159. The molecule has 0 aliphatic carbocycles. The second-order valence-electron chi connectivity index (χ2n) is 5.74. The molecule has 4 nitrogen and oxygen atoms in total. The van der Waals surface area contributed by atoms with Crippen molar-refractivity contribution in [3.63, 3.8) is 0 Å². The molecule has 0 bridgehead atoms. The van der Waals surface area contributed by atoms with Crippen molar-refractivity contribution in [2.45, 2.75) is 18.9 Å². The highest BCUT2D eigenvalue weighted by Gasteiger charge is 2.22. The molecule has 1 aliphatic heterocycles. The molecular formula is C19H23NO3. The SMILES string of the molecule is COc1ccc(C2CNCc3cc(OCCCO)ccc32)cc1. The number of methoxy groups -OCH3 is 1. The highest BCUT2D eigenvalue weighted by molar-refractivity contribution is 5.45. The zero-order valence-corrected chi connectivity index (χ0v) is 13.4. The molecule has 0 radical (unpaired) electrons. The van der Waals surface area contributed by atoms with Crippen LogP contribution < -0.4 is 14.8 Å². The fraction of sp³-hybridized carbons (Fsp3) is 0.368. The highest BCUT2D eigenvalue weighted by Crippen LogP contribution is 2.33. The van der Waals surface area contributed by atoms with Gasteiger partial charge in [-0.3, -0.25) is 0 Å². The van der Waals surface area contributed by atoms with E-state index in [0.717, 1.165) is 24.6 Å². The van der Waals surface area contributed by atoms with Crippen LogP contribution in [0.15, 0.2) is 42.5 Å². The summed E-state index contributed by atoms with van der Waals surface area (Å²) in [5.74, 6) is 2.09. The average molecular weight is 313 g/mol. The van der Waals surface area contributed by atoms with Gasteiger partial charge >= 0.3 is 0 Å². The Hall–Kier alpha value is -2.04. The van der Waals surface area contributed by atoms with Crippen LogP contribution in [0.2, 0.25) is 0 Å². The maximum atomic E-state index is 8.84. The average Bonchev–Trinajstić information content (AvgIpc) is 2.61. The van der Waals surface area contributed by atoms with E-state index in [1.165, 1.54) is 16.7 Å². The molecule has 3 rings (SSSR count). The Bertz CT molecular complexity index is 640. The van der Waals surface area contributed by atoms with E-state index in [4.69, 9.17) is 14.6 Å². The summed E-state index contributed by atoms with van der Waals surface area (Å²) < 4.78 is 10.9. The number of benzene rings is 2. The zero-order valence-electron chi connectivity index (χ0n) is 13.4. The van der Waals surface area contributed by atoms with Gasteiger partial charge in [0.25, 0.3) is 0 Å². The molecule has 1 atom stereocenters. The number of rotatable bonds is 6. The van der Waals surface area contributed by atoms with E-state index in [-0.39, 0.29) is 6.61 Å². The summed E-state index contributed by atoms with van der Waals surface area (Å²) in [6.45, 7) is 2.50. The van der Waals surface area contributed by atoms with Gasteiger partial charge in [0.1, 0.15) is 11.5 Å². The van der Waals surface area contributed by atoms with Gasteiger partial charge in [0, 0.05) is 32.0 Å². The first-order valence-corrected chi connectivity index (χ1v) is 8.03. The molecule has 4 heteroatoms. The van der Waals surface area contributed by atoms with E-state index in [9.17, 15) is 0 Å². The molecule has 1 aliphatic rings. The number of aliphatic hydroxyl groups is 1. The van der Waals surface area contributed by atoms with E-state index >= 15 is 0 Å². The molecule has 1 heterocycles. The molecule has 0 spiro atoms. The Morgan fingerprint density at radius 1 is 1.13 bits per heavy atom. The van der Waals surface area contributed by atoms with Gasteiger partial charge in [0.15, 0.2) is 0 Å². The molecule has 1 unspecified atom stereocenters. The molecule has 23 heavy (non-hydrogen) atoms. The van der Waals surface area contributed by atoms with Gasteiger partial charge < -0.3 is 19.9 Å². The van der Waals surface area contributed by atoms with E-state index in [0.29, 0.717) is 18.9 Å². The maximum Gasteiger partial charge on any atom is 0.119 e. The van der Waals surface area contributed by atoms with E-state index < -0.39 is 0 Å². The molecule has 2 aromatic rings. The highest BCUT2D eigenvalue weighted by atomic mass is 16.5. The fourth-order valence-electron chi connectivity index (χ4n) is 3.01. The Labute approximate surface area is 137 Å². The third-order valence-electron chi connectivity index (χ3n) is 4.24. The number of hydrogen-bond donors (Lipinski definition) is 2. The van der Waals surface area contributed by atoms with Crippen LogP contribution in [0.25, 0.3) is 0 Å². The maximum absolute atomic E-state index is 8.84. The summed E-state index contributed by atoms with van der Waals surface area (Å²) >= 11 is 0. The zero-order chi connectivity index (χ0) is 16.1.